The highest BCUT2D eigenvalue weighted by atomic mass is 16.4. The summed E-state index contributed by atoms with van der Waals surface area (Å²) in [4.78, 5) is 30.6. The quantitative estimate of drug-likeness (QED) is 0.467. The lowest BCUT2D eigenvalue weighted by molar-refractivity contribution is 0.144. The Morgan fingerprint density at radius 3 is 2.43 bits per heavy atom. The number of nitrogens with zero attached hydrogens (tertiary/aromatic N) is 1. The van der Waals surface area contributed by atoms with Crippen LogP contribution in [0.25, 0.3) is 33.6 Å². The molecule has 1 saturated carbocycles. The van der Waals surface area contributed by atoms with E-state index in [1.807, 2.05) is 54.6 Å². The number of furan rings is 1. The van der Waals surface area contributed by atoms with E-state index in [4.69, 9.17) is 4.42 Å². The molecular weight excluding hydrogens is 382 g/mol. The van der Waals surface area contributed by atoms with Gasteiger partial charge in [-0.25, -0.2) is 9.78 Å². The number of H-pyrrole nitrogens is 1. The molecule has 150 valence electrons. The molecule has 1 aliphatic rings. The first kappa shape index (κ1) is 18.2. The van der Waals surface area contributed by atoms with Gasteiger partial charge in [-0.3, -0.25) is 4.79 Å². The van der Waals surface area contributed by atoms with Crippen molar-refractivity contribution in [2.45, 2.75) is 24.8 Å². The third-order valence-corrected chi connectivity index (χ3v) is 5.81. The van der Waals surface area contributed by atoms with Gasteiger partial charge in [-0.05, 0) is 30.4 Å². The van der Waals surface area contributed by atoms with Crippen molar-refractivity contribution in [2.24, 2.45) is 0 Å². The van der Waals surface area contributed by atoms with E-state index in [1.54, 1.807) is 0 Å². The van der Waals surface area contributed by atoms with Gasteiger partial charge in [-0.15, -0.1) is 0 Å². The fourth-order valence-electron chi connectivity index (χ4n) is 4.19. The molecule has 0 saturated heterocycles. The van der Waals surface area contributed by atoms with E-state index in [9.17, 15) is 14.7 Å². The zero-order chi connectivity index (χ0) is 20.7. The van der Waals surface area contributed by atoms with E-state index in [0.717, 1.165) is 36.0 Å². The average molecular weight is 401 g/mol. The maximum atomic E-state index is 12.5. The van der Waals surface area contributed by atoms with Crippen LogP contribution in [0.3, 0.4) is 0 Å². The first-order valence-electron chi connectivity index (χ1n) is 9.75. The summed E-state index contributed by atoms with van der Waals surface area (Å²) in [7, 11) is 0. The van der Waals surface area contributed by atoms with Crippen molar-refractivity contribution in [3.05, 3.63) is 76.8 Å². The van der Waals surface area contributed by atoms with E-state index < -0.39 is 11.6 Å². The number of fused-ring (bicyclic) bond motifs is 1. The van der Waals surface area contributed by atoms with Gasteiger partial charge in [-0.1, -0.05) is 54.6 Å². The van der Waals surface area contributed by atoms with Crippen molar-refractivity contribution in [1.29, 1.82) is 0 Å². The predicted octanol–water partition coefficient (Wildman–Crippen LogP) is 4.50. The molecule has 3 N–H and O–H groups in total. The van der Waals surface area contributed by atoms with E-state index >= 15 is 0 Å². The lowest BCUT2D eigenvalue weighted by Crippen LogP contribution is -2.50. The van der Waals surface area contributed by atoms with Crippen LogP contribution in [-0.2, 0) is 5.54 Å². The molecule has 4 aromatic rings. The van der Waals surface area contributed by atoms with E-state index in [2.05, 4.69) is 15.3 Å². The maximum absolute atomic E-state index is 12.5. The summed E-state index contributed by atoms with van der Waals surface area (Å²) >= 11 is 0. The Morgan fingerprint density at radius 2 is 1.80 bits per heavy atom. The van der Waals surface area contributed by atoms with Gasteiger partial charge in [0.2, 0.25) is 5.71 Å². The summed E-state index contributed by atoms with van der Waals surface area (Å²) < 4.78 is 6.01. The van der Waals surface area contributed by atoms with Crippen LogP contribution in [0.2, 0.25) is 0 Å². The Labute approximate surface area is 171 Å². The first-order chi connectivity index (χ1) is 14.6. The van der Waals surface area contributed by atoms with Crippen molar-refractivity contribution in [3.63, 3.8) is 0 Å². The van der Waals surface area contributed by atoms with Crippen LogP contribution in [0, 0.1) is 0 Å². The molecule has 2 aromatic heterocycles. The van der Waals surface area contributed by atoms with E-state index in [-0.39, 0.29) is 11.3 Å². The second-order valence-corrected chi connectivity index (χ2v) is 7.53. The average Bonchev–Trinajstić information content (AvgIpc) is 3.12. The minimum Gasteiger partial charge on any atom is -0.465 e. The van der Waals surface area contributed by atoms with Gasteiger partial charge < -0.3 is 19.8 Å². The molecule has 7 nitrogen and oxygen atoms in total. The predicted molar refractivity (Wildman–Crippen MR) is 112 cm³/mol. The standard InChI is InChI=1S/C23H19N3O4/c27-20-18-17(14-5-2-1-3-6-14)19(30-21(18)25-13-24-20)15-7-9-16(10-8-15)23(11-4-12-23)26-22(28)29/h1-3,5-10,13,26H,4,11-12H2,(H,28,29)(H,24,25,27). The molecule has 1 amide bonds. The van der Waals surface area contributed by atoms with Crippen molar-refractivity contribution >= 4 is 17.2 Å². The summed E-state index contributed by atoms with van der Waals surface area (Å²) in [6.07, 6.45) is 2.84. The summed E-state index contributed by atoms with van der Waals surface area (Å²) in [5.41, 5.74) is 2.75. The fraction of sp³-hybridized carbons (Fsp3) is 0.174. The molecule has 1 fully saturated rings. The number of carbonyl (C=O) groups is 1. The molecule has 2 heterocycles. The van der Waals surface area contributed by atoms with Gasteiger partial charge in [0.05, 0.1) is 11.9 Å². The Morgan fingerprint density at radius 1 is 1.07 bits per heavy atom. The highest BCUT2D eigenvalue weighted by molar-refractivity contribution is 5.99. The first-order valence-corrected chi connectivity index (χ1v) is 9.75. The number of benzene rings is 2. The lowest BCUT2D eigenvalue weighted by atomic mass is 9.72. The van der Waals surface area contributed by atoms with Gasteiger partial charge >= 0.3 is 6.09 Å². The van der Waals surface area contributed by atoms with Crippen LogP contribution < -0.4 is 10.9 Å². The molecule has 0 spiro atoms. The molecule has 0 unspecified atom stereocenters. The third-order valence-electron chi connectivity index (χ3n) is 5.81. The molecule has 2 aromatic carbocycles. The molecule has 7 heteroatoms. The Bertz CT molecular complexity index is 1290. The zero-order valence-corrected chi connectivity index (χ0v) is 16.0. The molecule has 30 heavy (non-hydrogen) atoms. The largest absolute Gasteiger partial charge is 0.465 e. The SMILES string of the molecule is O=C(O)NC1(c2ccc(-c3oc4nc[nH]c(=O)c4c3-c3ccccc3)cc2)CCC1. The van der Waals surface area contributed by atoms with Crippen LogP contribution in [0.15, 0.2) is 70.1 Å². The van der Waals surface area contributed by atoms with Crippen LogP contribution in [0.1, 0.15) is 24.8 Å². The van der Waals surface area contributed by atoms with Gasteiger partial charge in [0.15, 0.2) is 0 Å². The second kappa shape index (κ2) is 6.88. The number of nitrogens with one attached hydrogen (secondary N) is 2. The monoisotopic (exact) mass is 401 g/mol. The van der Waals surface area contributed by atoms with Crippen LogP contribution >= 0.6 is 0 Å². The van der Waals surface area contributed by atoms with Crippen molar-refractivity contribution in [3.8, 4) is 22.5 Å². The third kappa shape index (κ3) is 2.86. The highest BCUT2D eigenvalue weighted by Gasteiger charge is 2.40. The lowest BCUT2D eigenvalue weighted by Gasteiger charge is -2.42. The van der Waals surface area contributed by atoms with E-state index in [1.165, 1.54) is 6.33 Å². The van der Waals surface area contributed by atoms with Gasteiger partial charge in [0.1, 0.15) is 11.1 Å². The number of rotatable bonds is 4. The number of carboxylic acid groups (broad SMARTS) is 1. The number of hydrogen-bond donors (Lipinski definition) is 3. The fourth-order valence-corrected chi connectivity index (χ4v) is 4.19. The minimum atomic E-state index is -1.02. The Kier molecular flexibility index (Phi) is 4.17. The molecule has 1 aliphatic carbocycles. The molecule has 0 bridgehead atoms. The minimum absolute atomic E-state index is 0.260. The maximum Gasteiger partial charge on any atom is 0.405 e. The smallest absolute Gasteiger partial charge is 0.405 e. The zero-order valence-electron chi connectivity index (χ0n) is 16.0. The van der Waals surface area contributed by atoms with Gasteiger partial charge in [0, 0.05) is 11.1 Å². The molecule has 0 atom stereocenters. The van der Waals surface area contributed by atoms with Gasteiger partial charge in [-0.2, -0.15) is 0 Å². The second-order valence-electron chi connectivity index (χ2n) is 7.53. The summed E-state index contributed by atoms with van der Waals surface area (Å²) in [6.45, 7) is 0. The van der Waals surface area contributed by atoms with Crippen molar-refractivity contribution < 1.29 is 14.3 Å². The van der Waals surface area contributed by atoms with E-state index in [0.29, 0.717) is 16.7 Å². The normalized spacial score (nSPS) is 14.9. The molecular formula is C23H19N3O4. The van der Waals surface area contributed by atoms with Crippen LogP contribution in [0.5, 0.6) is 0 Å². The van der Waals surface area contributed by atoms with Crippen LogP contribution in [0.4, 0.5) is 4.79 Å². The summed E-state index contributed by atoms with van der Waals surface area (Å²) in [6, 6.07) is 17.2. The molecule has 0 radical (unpaired) electrons. The van der Waals surface area contributed by atoms with Crippen molar-refractivity contribution in [1.82, 2.24) is 15.3 Å². The summed E-state index contributed by atoms with van der Waals surface area (Å²) in [5, 5.41) is 12.3. The van der Waals surface area contributed by atoms with Crippen LogP contribution in [-0.4, -0.2) is 21.2 Å². The molecule has 5 rings (SSSR count). The Balaban J connectivity index is 1.65. The number of aromatic amines is 1. The molecule has 0 aliphatic heterocycles. The van der Waals surface area contributed by atoms with Gasteiger partial charge in [0.25, 0.3) is 5.56 Å². The topological polar surface area (TPSA) is 108 Å². The highest BCUT2D eigenvalue weighted by Crippen LogP contribution is 2.43. The Hall–Kier alpha value is -3.87. The van der Waals surface area contributed by atoms with Crippen molar-refractivity contribution in [2.75, 3.05) is 0 Å². The summed E-state index contributed by atoms with van der Waals surface area (Å²) in [5.74, 6) is 0.556. The number of aromatic nitrogens is 2. The number of amides is 1. The number of hydrogen-bond acceptors (Lipinski definition) is 4.